The van der Waals surface area contributed by atoms with E-state index in [1.165, 1.54) is 26.0 Å². The largest absolute Gasteiger partial charge is 0.466 e. The average molecular weight is 268 g/mol. The van der Waals surface area contributed by atoms with Gasteiger partial charge in [-0.2, -0.15) is 0 Å². The van der Waals surface area contributed by atoms with Gasteiger partial charge in [0.1, 0.15) is 0 Å². The lowest BCUT2D eigenvalue weighted by molar-refractivity contribution is -0.134. The van der Waals surface area contributed by atoms with Crippen molar-refractivity contribution in [1.29, 1.82) is 0 Å². The van der Waals surface area contributed by atoms with Gasteiger partial charge in [-0.25, -0.2) is 4.79 Å². The van der Waals surface area contributed by atoms with Crippen LogP contribution < -0.4 is 0 Å². The molecule has 110 valence electrons. The minimum absolute atomic E-state index is 0.0151. The summed E-state index contributed by atoms with van der Waals surface area (Å²) >= 11 is 0. The number of carbonyl (C=O) groups excluding carboxylic acids is 1. The van der Waals surface area contributed by atoms with Crippen LogP contribution in [0.2, 0.25) is 0 Å². The smallest absolute Gasteiger partial charge is 0.330 e. The van der Waals surface area contributed by atoms with Crippen molar-refractivity contribution in [2.45, 2.75) is 52.1 Å². The molecule has 0 aliphatic carbocycles. The molecule has 0 saturated heterocycles. The highest BCUT2D eigenvalue weighted by Gasteiger charge is 2.15. The van der Waals surface area contributed by atoms with Crippen molar-refractivity contribution in [2.75, 3.05) is 14.2 Å². The highest BCUT2D eigenvalue weighted by Crippen LogP contribution is 2.20. The van der Waals surface area contributed by atoms with Crippen LogP contribution >= 0.6 is 0 Å². The lowest BCUT2D eigenvalue weighted by Gasteiger charge is -2.23. The van der Waals surface area contributed by atoms with E-state index in [-0.39, 0.29) is 11.6 Å². The van der Waals surface area contributed by atoms with E-state index in [1.807, 2.05) is 6.08 Å². The zero-order chi connectivity index (χ0) is 14.7. The summed E-state index contributed by atoms with van der Waals surface area (Å²) < 4.78 is 9.90. The van der Waals surface area contributed by atoms with Gasteiger partial charge in [0.25, 0.3) is 0 Å². The molecule has 19 heavy (non-hydrogen) atoms. The van der Waals surface area contributed by atoms with Crippen molar-refractivity contribution in [3.63, 3.8) is 0 Å². The topological polar surface area (TPSA) is 35.5 Å². The molecule has 0 N–H and O–H groups in total. The van der Waals surface area contributed by atoms with E-state index >= 15 is 0 Å². The first kappa shape index (κ1) is 17.9. The molecule has 0 heterocycles. The number of rotatable bonds is 9. The number of allylic oxidation sites excluding steroid dienone is 3. The number of hydrogen-bond donors (Lipinski definition) is 0. The van der Waals surface area contributed by atoms with Crippen LogP contribution in [-0.4, -0.2) is 25.8 Å². The third-order valence-corrected chi connectivity index (χ3v) is 3.25. The maximum atomic E-state index is 10.8. The quantitative estimate of drug-likeness (QED) is 0.361. The predicted octanol–water partition coefficient (Wildman–Crippen LogP) is 3.89. The Balaban J connectivity index is 3.76. The summed E-state index contributed by atoms with van der Waals surface area (Å²) in [6.45, 7) is 6.48. The Bertz CT molecular complexity index is 303. The second-order valence-corrected chi connectivity index (χ2v) is 5.51. The zero-order valence-electron chi connectivity index (χ0n) is 12.9. The van der Waals surface area contributed by atoms with Gasteiger partial charge >= 0.3 is 5.97 Å². The van der Waals surface area contributed by atoms with Crippen molar-refractivity contribution in [1.82, 2.24) is 0 Å². The van der Waals surface area contributed by atoms with Crippen molar-refractivity contribution >= 4 is 5.97 Å². The second-order valence-electron chi connectivity index (χ2n) is 5.51. The Morgan fingerprint density at radius 3 is 2.53 bits per heavy atom. The Morgan fingerprint density at radius 1 is 1.26 bits per heavy atom. The van der Waals surface area contributed by atoms with Gasteiger partial charge in [0.2, 0.25) is 0 Å². The Kier molecular flexibility index (Phi) is 9.23. The lowest BCUT2D eigenvalue weighted by Crippen LogP contribution is -2.22. The molecule has 0 aromatic carbocycles. The first-order valence-corrected chi connectivity index (χ1v) is 6.87. The fourth-order valence-corrected chi connectivity index (χ4v) is 1.69. The normalized spacial score (nSPS) is 14.2. The fraction of sp³-hybridized carbons (Fsp3) is 0.688. The summed E-state index contributed by atoms with van der Waals surface area (Å²) in [6, 6.07) is 0. The van der Waals surface area contributed by atoms with Gasteiger partial charge in [-0.15, -0.1) is 0 Å². The van der Waals surface area contributed by atoms with Crippen molar-refractivity contribution < 1.29 is 14.3 Å². The lowest BCUT2D eigenvalue weighted by atomic mass is 9.95. The minimum atomic E-state index is -0.320. The van der Waals surface area contributed by atoms with E-state index in [4.69, 9.17) is 4.74 Å². The zero-order valence-corrected chi connectivity index (χ0v) is 12.9. The van der Waals surface area contributed by atoms with Gasteiger partial charge in [0, 0.05) is 13.2 Å². The standard InChI is InChI=1S/C16H28O3/c1-14(11-9-13-16(2,3)19-5)10-7-6-8-12-15(17)18-4/h6-8,12,14H,9-11,13H2,1-5H3. The second kappa shape index (κ2) is 9.79. The highest BCUT2D eigenvalue weighted by atomic mass is 16.5. The number of esters is 1. The molecule has 0 aromatic heterocycles. The molecule has 0 aliphatic rings. The molecule has 0 saturated carbocycles. The first-order valence-electron chi connectivity index (χ1n) is 6.87. The van der Waals surface area contributed by atoms with E-state index in [9.17, 15) is 4.79 Å². The Hall–Kier alpha value is -1.09. The number of carbonyl (C=O) groups is 1. The van der Waals surface area contributed by atoms with Crippen LogP contribution in [0.1, 0.15) is 46.5 Å². The average Bonchev–Trinajstić information content (AvgIpc) is 2.37. The monoisotopic (exact) mass is 268 g/mol. The van der Waals surface area contributed by atoms with Crippen LogP contribution in [0.15, 0.2) is 24.3 Å². The van der Waals surface area contributed by atoms with Crippen LogP contribution in [0, 0.1) is 5.92 Å². The number of hydrogen-bond acceptors (Lipinski definition) is 3. The molecule has 0 aromatic rings. The molecular formula is C16H28O3. The maximum Gasteiger partial charge on any atom is 0.330 e. The van der Waals surface area contributed by atoms with Crippen molar-refractivity contribution in [2.24, 2.45) is 5.92 Å². The van der Waals surface area contributed by atoms with Gasteiger partial charge in [-0.05, 0) is 32.6 Å². The summed E-state index contributed by atoms with van der Waals surface area (Å²) in [5.41, 5.74) is -0.0151. The third-order valence-electron chi connectivity index (χ3n) is 3.25. The molecule has 0 fully saturated rings. The van der Waals surface area contributed by atoms with Gasteiger partial charge < -0.3 is 9.47 Å². The number of methoxy groups -OCH3 is 2. The van der Waals surface area contributed by atoms with Gasteiger partial charge in [0.05, 0.1) is 12.7 Å². The van der Waals surface area contributed by atoms with E-state index in [2.05, 4.69) is 31.6 Å². The molecule has 3 heteroatoms. The minimum Gasteiger partial charge on any atom is -0.466 e. The van der Waals surface area contributed by atoms with E-state index in [0.29, 0.717) is 5.92 Å². The summed E-state index contributed by atoms with van der Waals surface area (Å²) in [5.74, 6) is 0.329. The maximum absolute atomic E-state index is 10.8. The van der Waals surface area contributed by atoms with E-state index < -0.39 is 0 Å². The molecule has 1 unspecified atom stereocenters. The summed E-state index contributed by atoms with van der Waals surface area (Å²) in [4.78, 5) is 10.8. The molecule has 0 aliphatic heterocycles. The Labute approximate surface area is 117 Å². The van der Waals surface area contributed by atoms with E-state index in [0.717, 1.165) is 12.8 Å². The fourth-order valence-electron chi connectivity index (χ4n) is 1.69. The van der Waals surface area contributed by atoms with Gasteiger partial charge in [0.15, 0.2) is 0 Å². The molecule has 1 atom stereocenters. The highest BCUT2D eigenvalue weighted by molar-refractivity contribution is 5.82. The molecule has 0 bridgehead atoms. The molecule has 0 radical (unpaired) electrons. The van der Waals surface area contributed by atoms with Crippen LogP contribution in [0.3, 0.4) is 0 Å². The SMILES string of the molecule is COC(=O)C=CC=CCC(C)CCCC(C)(C)OC. The third kappa shape index (κ3) is 10.5. The van der Waals surface area contributed by atoms with E-state index in [1.54, 1.807) is 13.2 Å². The van der Waals surface area contributed by atoms with Crippen LogP contribution in [0.5, 0.6) is 0 Å². The summed E-state index contributed by atoms with van der Waals surface area (Å²) in [6.07, 6.45) is 11.6. The molecular weight excluding hydrogens is 240 g/mol. The molecule has 0 rings (SSSR count). The Morgan fingerprint density at radius 2 is 1.95 bits per heavy atom. The summed E-state index contributed by atoms with van der Waals surface area (Å²) in [7, 11) is 3.14. The van der Waals surface area contributed by atoms with Crippen molar-refractivity contribution in [3.05, 3.63) is 24.3 Å². The van der Waals surface area contributed by atoms with Crippen LogP contribution in [-0.2, 0) is 14.3 Å². The molecule has 3 nitrogen and oxygen atoms in total. The van der Waals surface area contributed by atoms with Gasteiger partial charge in [-0.1, -0.05) is 38.0 Å². The molecule has 0 spiro atoms. The summed E-state index contributed by atoms with van der Waals surface area (Å²) in [5, 5.41) is 0. The van der Waals surface area contributed by atoms with Crippen molar-refractivity contribution in [3.8, 4) is 0 Å². The molecule has 0 amide bonds. The van der Waals surface area contributed by atoms with Gasteiger partial charge in [-0.3, -0.25) is 0 Å². The van der Waals surface area contributed by atoms with Crippen LogP contribution in [0.4, 0.5) is 0 Å². The number of ether oxygens (including phenoxy) is 2. The first-order chi connectivity index (χ1) is 8.91. The predicted molar refractivity (Wildman–Crippen MR) is 79.0 cm³/mol. The van der Waals surface area contributed by atoms with Crippen LogP contribution in [0.25, 0.3) is 0 Å².